The Morgan fingerprint density at radius 1 is 1.12 bits per heavy atom. The van der Waals surface area contributed by atoms with Gasteiger partial charge in [0.15, 0.2) is 8.32 Å². The van der Waals surface area contributed by atoms with Gasteiger partial charge in [0.25, 0.3) is 0 Å². The number of hydrogen-bond donors (Lipinski definition) is 1. The Labute approximate surface area is 254 Å². The molecule has 0 amide bonds. The lowest BCUT2D eigenvalue weighted by molar-refractivity contribution is 0.105. The topological polar surface area (TPSA) is 64.5 Å². The Morgan fingerprint density at radius 2 is 1.78 bits per heavy atom. The van der Waals surface area contributed by atoms with Gasteiger partial charge < -0.3 is 14.3 Å². The number of aromatic nitrogens is 2. The number of aliphatic hydroxyl groups excluding tert-OH is 1. The minimum Gasteiger partial charge on any atom is -0.410 e. The molecule has 2 aromatic heterocycles. The van der Waals surface area contributed by atoms with Gasteiger partial charge in [-0.25, -0.2) is 4.98 Å². The summed E-state index contributed by atoms with van der Waals surface area (Å²) >= 11 is 1.64. The van der Waals surface area contributed by atoms with E-state index in [-0.39, 0.29) is 27.9 Å². The maximum Gasteiger partial charge on any atom is 0.192 e. The summed E-state index contributed by atoms with van der Waals surface area (Å²) in [6.07, 6.45) is 3.94. The zero-order valence-electron chi connectivity index (χ0n) is 27.9. The standard InChI is InChI=1S/C34H54N2O3SSi/c1-20(2)28-27(29(37)31-35-21(3)30(40-31)32(4,5)6)25(22-14-16-38-17-15-22)26-23(36-28)18-34(10,11)19-24(26)39-41(12,13)33(7,8)9/h14,20,24,29,37H,15-19H2,1-13H3/t24-,29-/m0/s1. The van der Waals surface area contributed by atoms with Crippen LogP contribution in [0.1, 0.15) is 144 Å². The molecular formula is C34H54N2O3SSi. The van der Waals surface area contributed by atoms with Crippen LogP contribution in [0.5, 0.6) is 0 Å². The van der Waals surface area contributed by atoms with E-state index >= 15 is 0 Å². The molecule has 0 radical (unpaired) electrons. The second-order valence-electron chi connectivity index (χ2n) is 15.9. The van der Waals surface area contributed by atoms with Crippen molar-refractivity contribution in [3.05, 3.63) is 49.7 Å². The fourth-order valence-corrected chi connectivity index (χ4v) is 8.48. The van der Waals surface area contributed by atoms with Crippen molar-refractivity contribution in [3.63, 3.8) is 0 Å². The van der Waals surface area contributed by atoms with E-state index in [1.54, 1.807) is 11.3 Å². The molecule has 1 aliphatic heterocycles. The Balaban J connectivity index is 2.04. The number of pyridine rings is 1. The lowest BCUT2D eigenvalue weighted by atomic mass is 9.71. The molecule has 4 rings (SSSR count). The second kappa shape index (κ2) is 11.3. The van der Waals surface area contributed by atoms with Crippen LogP contribution < -0.4 is 0 Å². The van der Waals surface area contributed by atoms with Crippen LogP contribution in [-0.2, 0) is 21.0 Å². The van der Waals surface area contributed by atoms with Crippen LogP contribution in [0.4, 0.5) is 0 Å². The van der Waals surface area contributed by atoms with Crippen LogP contribution in [0.25, 0.3) is 5.57 Å². The molecule has 2 atom stereocenters. The van der Waals surface area contributed by atoms with Crippen molar-refractivity contribution < 1.29 is 14.3 Å². The first-order valence-electron chi connectivity index (χ1n) is 15.4. The summed E-state index contributed by atoms with van der Waals surface area (Å²) in [4.78, 5) is 11.6. The first-order chi connectivity index (χ1) is 18.7. The molecule has 5 nitrogen and oxygen atoms in total. The lowest BCUT2D eigenvalue weighted by Gasteiger charge is -2.45. The maximum absolute atomic E-state index is 12.3. The minimum absolute atomic E-state index is 0.0333. The molecule has 228 valence electrons. The average molecular weight is 599 g/mol. The molecule has 3 heterocycles. The number of aryl methyl sites for hydroxylation is 1. The predicted molar refractivity (Wildman–Crippen MR) is 174 cm³/mol. The third kappa shape index (κ3) is 6.59. The van der Waals surface area contributed by atoms with E-state index in [2.05, 4.69) is 95.3 Å². The number of aliphatic hydroxyl groups is 1. The van der Waals surface area contributed by atoms with Gasteiger partial charge in [0.05, 0.1) is 30.7 Å². The minimum atomic E-state index is -2.11. The van der Waals surface area contributed by atoms with Crippen molar-refractivity contribution in [3.8, 4) is 0 Å². The maximum atomic E-state index is 12.3. The molecule has 0 fully saturated rings. The predicted octanol–water partition coefficient (Wildman–Crippen LogP) is 9.19. The Morgan fingerprint density at radius 3 is 2.29 bits per heavy atom. The van der Waals surface area contributed by atoms with Gasteiger partial charge in [0, 0.05) is 21.7 Å². The van der Waals surface area contributed by atoms with E-state index < -0.39 is 14.4 Å². The lowest BCUT2D eigenvalue weighted by Crippen LogP contribution is -2.44. The molecule has 0 spiro atoms. The largest absolute Gasteiger partial charge is 0.410 e. The Kier molecular flexibility index (Phi) is 8.95. The zero-order chi connectivity index (χ0) is 30.7. The third-order valence-electron chi connectivity index (χ3n) is 9.16. The normalized spacial score (nSPS) is 20.7. The van der Waals surface area contributed by atoms with Gasteiger partial charge in [-0.15, -0.1) is 11.3 Å². The average Bonchev–Trinajstić information content (AvgIpc) is 3.23. The highest BCUT2D eigenvalue weighted by Gasteiger charge is 2.45. The molecule has 0 saturated carbocycles. The van der Waals surface area contributed by atoms with Crippen molar-refractivity contribution in [2.75, 3.05) is 13.2 Å². The first-order valence-corrected chi connectivity index (χ1v) is 19.1. The van der Waals surface area contributed by atoms with Gasteiger partial charge >= 0.3 is 0 Å². The number of nitrogens with zero attached hydrogens (tertiary/aromatic N) is 2. The van der Waals surface area contributed by atoms with Gasteiger partial charge in [-0.3, -0.25) is 4.98 Å². The number of rotatable bonds is 6. The Hall–Kier alpha value is -1.38. The van der Waals surface area contributed by atoms with E-state index in [9.17, 15) is 5.11 Å². The number of hydrogen-bond acceptors (Lipinski definition) is 6. The van der Waals surface area contributed by atoms with Crippen LogP contribution in [-0.4, -0.2) is 36.6 Å². The molecule has 1 N–H and O–H groups in total. The van der Waals surface area contributed by atoms with Crippen molar-refractivity contribution in [1.29, 1.82) is 0 Å². The summed E-state index contributed by atoms with van der Waals surface area (Å²) < 4.78 is 13.1. The van der Waals surface area contributed by atoms with Gasteiger partial charge in [-0.1, -0.05) is 75.3 Å². The van der Waals surface area contributed by atoms with Crippen LogP contribution in [0.3, 0.4) is 0 Å². The van der Waals surface area contributed by atoms with Crippen LogP contribution in [0.2, 0.25) is 18.1 Å². The third-order valence-corrected chi connectivity index (χ3v) is 15.3. The van der Waals surface area contributed by atoms with E-state index in [1.165, 1.54) is 16.0 Å². The molecule has 0 bridgehead atoms. The van der Waals surface area contributed by atoms with Crippen LogP contribution >= 0.6 is 11.3 Å². The Bertz CT molecular complexity index is 1310. The van der Waals surface area contributed by atoms with Crippen molar-refractivity contribution >= 4 is 25.2 Å². The fourth-order valence-electron chi connectivity index (χ4n) is 6.10. The molecule has 2 aromatic rings. The summed E-state index contributed by atoms with van der Waals surface area (Å²) in [5.41, 5.74) is 7.67. The molecule has 2 aliphatic rings. The van der Waals surface area contributed by atoms with E-state index in [0.717, 1.165) is 52.5 Å². The number of fused-ring (bicyclic) bond motifs is 1. The molecular weight excluding hydrogens is 545 g/mol. The highest BCUT2D eigenvalue weighted by molar-refractivity contribution is 7.12. The second-order valence-corrected chi connectivity index (χ2v) is 21.7. The quantitative estimate of drug-likeness (QED) is 0.336. The summed E-state index contributed by atoms with van der Waals surface area (Å²) in [7, 11) is -2.11. The molecule has 1 aliphatic carbocycles. The highest BCUT2D eigenvalue weighted by atomic mass is 32.1. The molecule has 0 saturated heterocycles. The monoisotopic (exact) mass is 598 g/mol. The summed E-state index contributed by atoms with van der Waals surface area (Å²) in [6, 6.07) is 0. The fraction of sp³-hybridized carbons (Fsp3) is 0.706. The first kappa shape index (κ1) is 32.5. The van der Waals surface area contributed by atoms with Crippen molar-refractivity contribution in [2.24, 2.45) is 5.41 Å². The zero-order valence-corrected chi connectivity index (χ0v) is 29.7. The van der Waals surface area contributed by atoms with Crippen molar-refractivity contribution in [1.82, 2.24) is 9.97 Å². The summed E-state index contributed by atoms with van der Waals surface area (Å²) in [6.45, 7) is 30.7. The van der Waals surface area contributed by atoms with E-state index in [1.807, 2.05) is 0 Å². The summed E-state index contributed by atoms with van der Waals surface area (Å²) in [5, 5.41) is 13.1. The SMILES string of the molecule is Cc1nc([C@@H](O)c2c(C(C)C)nc3c(c2C2=CCOCC2)[C@@H](O[Si](C)(C)C(C)(C)C)CC(C)(C)C3)sc1C(C)(C)C. The molecule has 7 heteroatoms. The van der Waals surface area contributed by atoms with E-state index in [4.69, 9.17) is 19.1 Å². The van der Waals surface area contributed by atoms with Gasteiger partial charge in [0.2, 0.25) is 0 Å². The number of ether oxygens (including phenoxy) is 1. The van der Waals surface area contributed by atoms with Gasteiger partial charge in [-0.05, 0) is 72.2 Å². The van der Waals surface area contributed by atoms with Crippen LogP contribution in [0.15, 0.2) is 6.08 Å². The summed E-state index contributed by atoms with van der Waals surface area (Å²) in [5.74, 6) is 0.150. The van der Waals surface area contributed by atoms with Gasteiger partial charge in [-0.2, -0.15) is 0 Å². The smallest absolute Gasteiger partial charge is 0.192 e. The highest BCUT2D eigenvalue weighted by Crippen LogP contribution is 2.52. The molecule has 0 aromatic carbocycles. The van der Waals surface area contributed by atoms with Crippen LogP contribution in [0, 0.1) is 12.3 Å². The molecule has 41 heavy (non-hydrogen) atoms. The number of thiazole rings is 1. The molecule has 0 unspecified atom stereocenters. The van der Waals surface area contributed by atoms with Crippen molar-refractivity contribution in [2.45, 2.75) is 137 Å². The van der Waals surface area contributed by atoms with Gasteiger partial charge in [0.1, 0.15) is 11.1 Å². The van der Waals surface area contributed by atoms with E-state index in [0.29, 0.717) is 13.2 Å².